The van der Waals surface area contributed by atoms with Gasteiger partial charge in [0, 0.05) is 39.1 Å². The quantitative estimate of drug-likeness (QED) is 0.913. The highest BCUT2D eigenvalue weighted by Crippen LogP contribution is 2.27. The van der Waals surface area contributed by atoms with Gasteiger partial charge >= 0.3 is 6.03 Å². The molecule has 2 rings (SSSR count). The lowest BCUT2D eigenvalue weighted by Crippen LogP contribution is -2.49. The van der Waals surface area contributed by atoms with Gasteiger partial charge in [-0.15, -0.1) is 0 Å². The first-order valence-corrected chi connectivity index (χ1v) is 7.31. The summed E-state index contributed by atoms with van der Waals surface area (Å²) in [6, 6.07) is -0.0392. The molecule has 0 bridgehead atoms. The molecule has 2 atom stereocenters. The maximum atomic E-state index is 12.2. The second-order valence-corrected chi connectivity index (χ2v) is 5.06. The molecule has 6 nitrogen and oxygen atoms in total. The normalized spacial score (nSPS) is 22.6. The minimum atomic E-state index is -0.164. The lowest BCUT2D eigenvalue weighted by atomic mass is 10.0. The molecule has 2 heterocycles. The van der Waals surface area contributed by atoms with Crippen LogP contribution in [0.1, 0.15) is 38.6 Å². The third-order valence-electron chi connectivity index (χ3n) is 3.79. The highest BCUT2D eigenvalue weighted by atomic mass is 16.5. The predicted molar refractivity (Wildman–Crippen MR) is 76.4 cm³/mol. The van der Waals surface area contributed by atoms with E-state index < -0.39 is 0 Å². The van der Waals surface area contributed by atoms with Crippen LogP contribution in [0.2, 0.25) is 0 Å². The fourth-order valence-electron chi connectivity index (χ4n) is 2.60. The van der Waals surface area contributed by atoms with Crippen LogP contribution in [-0.2, 0) is 11.8 Å². The molecule has 6 heteroatoms. The Hall–Kier alpha value is -1.56. The van der Waals surface area contributed by atoms with Crippen LogP contribution in [0.25, 0.3) is 0 Å². The van der Waals surface area contributed by atoms with Crippen molar-refractivity contribution < 1.29 is 9.53 Å². The molecule has 1 aromatic rings. The van der Waals surface area contributed by atoms with Crippen LogP contribution < -0.4 is 5.32 Å². The molecule has 1 N–H and O–H groups in total. The standard InChI is InChI=1S/C14H24N4O2/c1-4-18(5-2)14(19)16-11-7-6-10-20-12(11)13-15-8-9-17(13)3/h8-9,11-12H,4-7,10H2,1-3H3,(H,16,19)/t11-,12-/m1/s1. The first-order valence-electron chi connectivity index (χ1n) is 7.31. The molecule has 1 saturated heterocycles. The molecular formula is C14H24N4O2. The number of hydrogen-bond acceptors (Lipinski definition) is 3. The van der Waals surface area contributed by atoms with Crippen LogP contribution in [0.5, 0.6) is 0 Å². The Bertz CT molecular complexity index is 442. The van der Waals surface area contributed by atoms with Crippen LogP contribution in [0.3, 0.4) is 0 Å². The second-order valence-electron chi connectivity index (χ2n) is 5.06. The summed E-state index contributed by atoms with van der Waals surface area (Å²) in [5, 5.41) is 3.10. The molecule has 20 heavy (non-hydrogen) atoms. The predicted octanol–water partition coefficient (Wildman–Crippen LogP) is 1.69. The number of hydrogen-bond donors (Lipinski definition) is 1. The van der Waals surface area contributed by atoms with Crippen molar-refractivity contribution in [2.45, 2.75) is 38.8 Å². The van der Waals surface area contributed by atoms with E-state index in [-0.39, 0.29) is 18.2 Å². The van der Waals surface area contributed by atoms with Crippen molar-refractivity contribution in [3.63, 3.8) is 0 Å². The molecule has 0 aliphatic carbocycles. The summed E-state index contributed by atoms with van der Waals surface area (Å²) < 4.78 is 7.80. The number of nitrogens with one attached hydrogen (secondary N) is 1. The number of rotatable bonds is 4. The van der Waals surface area contributed by atoms with Crippen LogP contribution in [-0.4, -0.2) is 46.2 Å². The molecule has 0 radical (unpaired) electrons. The third-order valence-corrected chi connectivity index (χ3v) is 3.79. The molecule has 0 unspecified atom stereocenters. The van der Waals surface area contributed by atoms with Crippen molar-refractivity contribution in [3.8, 4) is 0 Å². The van der Waals surface area contributed by atoms with Gasteiger partial charge in [-0.3, -0.25) is 0 Å². The van der Waals surface area contributed by atoms with Gasteiger partial charge in [0.1, 0.15) is 11.9 Å². The van der Waals surface area contributed by atoms with E-state index in [1.165, 1.54) is 0 Å². The number of imidazole rings is 1. The SMILES string of the molecule is CCN(CC)C(=O)N[C@@H]1CCCO[C@H]1c1nccn1C. The minimum Gasteiger partial charge on any atom is -0.368 e. The molecule has 0 spiro atoms. The Balaban J connectivity index is 2.08. The highest BCUT2D eigenvalue weighted by molar-refractivity contribution is 5.74. The van der Waals surface area contributed by atoms with Crippen molar-refractivity contribution in [2.24, 2.45) is 7.05 Å². The van der Waals surface area contributed by atoms with Crippen LogP contribution in [0.4, 0.5) is 4.79 Å². The van der Waals surface area contributed by atoms with Crippen molar-refractivity contribution in [1.82, 2.24) is 19.8 Å². The number of nitrogens with zero attached hydrogens (tertiary/aromatic N) is 3. The minimum absolute atomic E-state index is 0.0158. The number of amides is 2. The zero-order valence-electron chi connectivity index (χ0n) is 12.5. The maximum Gasteiger partial charge on any atom is 0.317 e. The number of aromatic nitrogens is 2. The molecule has 0 aromatic carbocycles. The topological polar surface area (TPSA) is 59.4 Å². The molecule has 1 aromatic heterocycles. The Morgan fingerprint density at radius 2 is 2.30 bits per heavy atom. The molecule has 0 saturated carbocycles. The van der Waals surface area contributed by atoms with E-state index in [9.17, 15) is 4.79 Å². The lowest BCUT2D eigenvalue weighted by molar-refractivity contribution is -0.0152. The smallest absolute Gasteiger partial charge is 0.317 e. The second kappa shape index (κ2) is 6.74. The van der Waals surface area contributed by atoms with E-state index in [1.54, 1.807) is 11.1 Å². The van der Waals surface area contributed by atoms with Crippen molar-refractivity contribution in [1.29, 1.82) is 0 Å². The van der Waals surface area contributed by atoms with Gasteiger partial charge in [-0.25, -0.2) is 9.78 Å². The highest BCUT2D eigenvalue weighted by Gasteiger charge is 2.32. The van der Waals surface area contributed by atoms with Gasteiger partial charge in [-0.05, 0) is 26.7 Å². The molecule has 2 amide bonds. The zero-order chi connectivity index (χ0) is 14.5. The summed E-state index contributed by atoms with van der Waals surface area (Å²) in [5.41, 5.74) is 0. The van der Waals surface area contributed by atoms with Gasteiger partial charge < -0.3 is 19.5 Å². The molecule has 1 aliphatic heterocycles. The third kappa shape index (κ3) is 3.12. The first-order chi connectivity index (χ1) is 9.67. The molecule has 1 aliphatic rings. The van der Waals surface area contributed by atoms with E-state index >= 15 is 0 Å². The summed E-state index contributed by atoms with van der Waals surface area (Å²) >= 11 is 0. The zero-order valence-corrected chi connectivity index (χ0v) is 12.5. The van der Waals surface area contributed by atoms with Gasteiger partial charge in [0.25, 0.3) is 0 Å². The van der Waals surface area contributed by atoms with Crippen molar-refractivity contribution >= 4 is 6.03 Å². The largest absolute Gasteiger partial charge is 0.368 e. The number of aryl methyl sites for hydroxylation is 1. The summed E-state index contributed by atoms with van der Waals surface area (Å²) in [4.78, 5) is 18.3. The Morgan fingerprint density at radius 1 is 1.55 bits per heavy atom. The van der Waals surface area contributed by atoms with Crippen LogP contribution in [0, 0.1) is 0 Å². The fourth-order valence-corrected chi connectivity index (χ4v) is 2.60. The van der Waals surface area contributed by atoms with Crippen LogP contribution >= 0.6 is 0 Å². The van der Waals surface area contributed by atoms with Crippen molar-refractivity contribution in [3.05, 3.63) is 18.2 Å². The summed E-state index contributed by atoms with van der Waals surface area (Å²) in [5.74, 6) is 0.870. The summed E-state index contributed by atoms with van der Waals surface area (Å²) in [7, 11) is 1.95. The average Bonchev–Trinajstić information content (AvgIpc) is 2.87. The van der Waals surface area contributed by atoms with Gasteiger partial charge in [-0.1, -0.05) is 0 Å². The van der Waals surface area contributed by atoms with E-state index in [2.05, 4.69) is 10.3 Å². The van der Waals surface area contributed by atoms with E-state index in [4.69, 9.17) is 4.74 Å². The molecular weight excluding hydrogens is 256 g/mol. The first kappa shape index (κ1) is 14.8. The fraction of sp³-hybridized carbons (Fsp3) is 0.714. The maximum absolute atomic E-state index is 12.2. The Morgan fingerprint density at radius 3 is 2.90 bits per heavy atom. The van der Waals surface area contributed by atoms with Gasteiger partial charge in [0.05, 0.1) is 6.04 Å². The van der Waals surface area contributed by atoms with Gasteiger partial charge in [-0.2, -0.15) is 0 Å². The van der Waals surface area contributed by atoms with Gasteiger partial charge in [0.15, 0.2) is 0 Å². The number of ether oxygens (including phenoxy) is 1. The van der Waals surface area contributed by atoms with E-state index in [0.717, 1.165) is 25.3 Å². The Labute approximate surface area is 120 Å². The van der Waals surface area contributed by atoms with Crippen LogP contribution in [0.15, 0.2) is 12.4 Å². The monoisotopic (exact) mass is 280 g/mol. The number of carbonyl (C=O) groups excluding carboxylic acids is 1. The molecule has 1 fully saturated rings. The number of carbonyl (C=O) groups is 1. The van der Waals surface area contributed by atoms with E-state index in [1.807, 2.05) is 31.7 Å². The Kier molecular flexibility index (Phi) is 5.00. The average molecular weight is 280 g/mol. The molecule has 112 valence electrons. The van der Waals surface area contributed by atoms with Crippen molar-refractivity contribution in [2.75, 3.05) is 19.7 Å². The van der Waals surface area contributed by atoms with E-state index in [0.29, 0.717) is 13.1 Å². The lowest BCUT2D eigenvalue weighted by Gasteiger charge is -2.33. The summed E-state index contributed by atoms with van der Waals surface area (Å²) in [6.45, 7) is 6.11. The van der Waals surface area contributed by atoms with Gasteiger partial charge in [0.2, 0.25) is 0 Å². The summed E-state index contributed by atoms with van der Waals surface area (Å²) in [6.07, 6.45) is 5.38. The number of urea groups is 1.